The summed E-state index contributed by atoms with van der Waals surface area (Å²) in [6, 6.07) is 10.1. The summed E-state index contributed by atoms with van der Waals surface area (Å²) in [5.74, 6) is 1.62. The van der Waals surface area contributed by atoms with E-state index in [0.29, 0.717) is 6.61 Å². The minimum Gasteiger partial charge on any atom is -1.00 e. The van der Waals surface area contributed by atoms with E-state index in [9.17, 15) is 4.79 Å². The fraction of sp³-hybridized carbons (Fsp3) is 0.536. The van der Waals surface area contributed by atoms with Gasteiger partial charge in [-0.15, -0.1) is 0 Å². The Balaban J connectivity index is 0.00000544. The van der Waals surface area contributed by atoms with Crippen LogP contribution in [0.15, 0.2) is 30.3 Å². The fourth-order valence-corrected chi connectivity index (χ4v) is 5.17. The predicted molar refractivity (Wildman–Crippen MR) is 140 cm³/mol. The molecule has 0 N–H and O–H groups in total. The topological polar surface area (TPSA) is 35.5 Å². The molecule has 178 valence electrons. The van der Waals surface area contributed by atoms with Gasteiger partial charge in [0.25, 0.3) is 0 Å². The molecule has 0 fully saturated rings. The molecule has 0 saturated heterocycles. The van der Waals surface area contributed by atoms with Gasteiger partial charge in [0.1, 0.15) is 11.5 Å². The molecule has 0 aromatic heterocycles. The largest absolute Gasteiger partial charge is 1.00 e. The van der Waals surface area contributed by atoms with Crippen molar-refractivity contribution in [3.63, 3.8) is 0 Å². The van der Waals surface area contributed by atoms with E-state index >= 15 is 0 Å². The third kappa shape index (κ3) is 10.3. The van der Waals surface area contributed by atoms with Crippen LogP contribution in [0.4, 0.5) is 0 Å². The van der Waals surface area contributed by atoms with E-state index in [1.807, 2.05) is 32.0 Å². The van der Waals surface area contributed by atoms with Crippen LogP contribution in [0, 0.1) is 20.8 Å². The van der Waals surface area contributed by atoms with Gasteiger partial charge in [0.15, 0.2) is 5.52 Å². The Morgan fingerprint density at radius 1 is 0.818 bits per heavy atom. The van der Waals surface area contributed by atoms with E-state index in [1.54, 1.807) is 0 Å². The van der Waals surface area contributed by atoms with Crippen molar-refractivity contribution in [2.45, 2.75) is 86.0 Å². The van der Waals surface area contributed by atoms with E-state index in [-0.39, 0.29) is 34.4 Å². The summed E-state index contributed by atoms with van der Waals surface area (Å²) in [7, 11) is 0.0355. The van der Waals surface area contributed by atoms with Gasteiger partial charge in [-0.25, -0.2) is 0 Å². The number of carbonyl (C=O) groups excluding carboxylic acids is 1. The number of benzene rings is 2. The molecule has 0 aliphatic rings. The first-order valence-electron chi connectivity index (χ1n) is 12.2. The van der Waals surface area contributed by atoms with E-state index in [2.05, 4.69) is 32.9 Å². The molecule has 0 saturated carbocycles. The van der Waals surface area contributed by atoms with Gasteiger partial charge in [0.05, 0.1) is 13.2 Å². The van der Waals surface area contributed by atoms with Crippen LogP contribution in [0.3, 0.4) is 0 Å². The maximum Gasteiger partial charge on any atom is 1.00 e. The number of hydrogen-bond acceptors (Lipinski definition) is 3. The third-order valence-corrected chi connectivity index (χ3v) is 6.79. The summed E-state index contributed by atoms with van der Waals surface area (Å²) in [4.78, 5) is 13.2. The monoisotopic (exact) mass is 464 g/mol. The number of rotatable bonds is 15. The number of carbonyl (C=O) groups is 1. The molecular weight excluding hydrogens is 422 g/mol. The average molecular weight is 465 g/mol. The quantitative estimate of drug-likeness (QED) is 0.216. The van der Waals surface area contributed by atoms with Gasteiger partial charge in [0.2, 0.25) is 0 Å². The normalized spacial score (nSPS) is 10.9. The molecular formula is C28H42LiO3P. The molecule has 5 heteroatoms. The summed E-state index contributed by atoms with van der Waals surface area (Å²) < 4.78 is 12.1. The van der Waals surface area contributed by atoms with Crippen LogP contribution in [0.2, 0.25) is 0 Å². The Morgan fingerprint density at radius 3 is 1.97 bits per heavy atom. The maximum atomic E-state index is 13.2. The molecule has 0 bridgehead atoms. The zero-order chi connectivity index (χ0) is 23.3. The van der Waals surface area contributed by atoms with Crippen LogP contribution in [0.1, 0.15) is 93.7 Å². The SMILES string of the molecule is CCCCCCOc1ccc(PC(=O)c2c(C)cc(C)cc2C)c(OCCCCCC)c1.[H-].[Li+]. The zero-order valence-electron chi connectivity index (χ0n) is 22.7. The fourth-order valence-electron chi connectivity index (χ4n) is 3.97. The molecule has 0 spiro atoms. The molecule has 0 aliphatic carbocycles. The van der Waals surface area contributed by atoms with Crippen molar-refractivity contribution >= 4 is 19.4 Å². The maximum absolute atomic E-state index is 13.2. The first kappa shape index (κ1) is 29.8. The van der Waals surface area contributed by atoms with Gasteiger partial charge < -0.3 is 10.9 Å². The Labute approximate surface area is 216 Å². The second-order valence-electron chi connectivity index (χ2n) is 8.70. The van der Waals surface area contributed by atoms with Crippen LogP contribution >= 0.6 is 8.58 Å². The minimum absolute atomic E-state index is 0. The minimum atomic E-state index is 0. The van der Waals surface area contributed by atoms with Crippen molar-refractivity contribution < 1.29 is 34.6 Å². The van der Waals surface area contributed by atoms with Crippen LogP contribution in [-0.2, 0) is 0 Å². The van der Waals surface area contributed by atoms with E-state index in [1.165, 1.54) is 44.1 Å². The molecule has 0 aliphatic heterocycles. The second kappa shape index (κ2) is 16.4. The first-order valence-corrected chi connectivity index (χ1v) is 13.2. The van der Waals surface area contributed by atoms with Crippen molar-refractivity contribution in [1.82, 2.24) is 0 Å². The smallest absolute Gasteiger partial charge is 1.00 e. The number of unbranched alkanes of at least 4 members (excludes halogenated alkanes) is 6. The van der Waals surface area contributed by atoms with E-state index in [0.717, 1.165) is 52.9 Å². The van der Waals surface area contributed by atoms with Crippen LogP contribution < -0.4 is 33.6 Å². The molecule has 33 heavy (non-hydrogen) atoms. The van der Waals surface area contributed by atoms with Crippen LogP contribution in [0.5, 0.6) is 11.5 Å². The van der Waals surface area contributed by atoms with Crippen molar-refractivity contribution in [2.24, 2.45) is 0 Å². The van der Waals surface area contributed by atoms with Crippen molar-refractivity contribution in [2.75, 3.05) is 13.2 Å². The average Bonchev–Trinajstić information content (AvgIpc) is 2.74. The van der Waals surface area contributed by atoms with Crippen molar-refractivity contribution in [3.8, 4) is 11.5 Å². The molecule has 3 nitrogen and oxygen atoms in total. The van der Waals surface area contributed by atoms with Gasteiger partial charge in [-0.05, 0) is 65.5 Å². The predicted octanol–water partition coefficient (Wildman–Crippen LogP) is 4.79. The van der Waals surface area contributed by atoms with Crippen LogP contribution in [0.25, 0.3) is 0 Å². The molecule has 1 unspecified atom stereocenters. The van der Waals surface area contributed by atoms with Gasteiger partial charge in [-0.2, -0.15) is 0 Å². The summed E-state index contributed by atoms with van der Waals surface area (Å²) in [5.41, 5.74) is 4.31. The Hall–Kier alpha value is -1.26. The first-order chi connectivity index (χ1) is 15.5. The van der Waals surface area contributed by atoms with Crippen LogP contribution in [-0.4, -0.2) is 18.7 Å². The molecule has 1 atom stereocenters. The van der Waals surface area contributed by atoms with Gasteiger partial charge >= 0.3 is 18.9 Å². The third-order valence-electron chi connectivity index (χ3n) is 5.63. The number of hydrogen-bond donors (Lipinski definition) is 0. The van der Waals surface area contributed by atoms with Crippen molar-refractivity contribution in [3.05, 3.63) is 52.6 Å². The summed E-state index contributed by atoms with van der Waals surface area (Å²) in [5, 5.41) is 0.961. The molecule has 2 aromatic rings. The van der Waals surface area contributed by atoms with Crippen molar-refractivity contribution in [1.29, 1.82) is 0 Å². The molecule has 0 amide bonds. The standard InChI is InChI=1S/C28H41O3P.Li.H/c1-6-8-10-12-16-30-24-14-15-26(25(20-24)31-17-13-11-9-7-2)32-28(29)27-22(4)18-21(3)19-23(27)5;;/h14-15,18-20,32H,6-13,16-17H2,1-5H3;;/q;+1;-1. The molecule has 2 rings (SSSR count). The van der Waals surface area contributed by atoms with E-state index in [4.69, 9.17) is 9.47 Å². The Kier molecular flexibility index (Phi) is 14.8. The zero-order valence-corrected chi connectivity index (χ0v) is 22.7. The second-order valence-corrected chi connectivity index (χ2v) is 9.95. The van der Waals surface area contributed by atoms with Gasteiger partial charge in [0, 0.05) is 16.9 Å². The Bertz CT molecular complexity index is 850. The molecule has 2 aromatic carbocycles. The summed E-state index contributed by atoms with van der Waals surface area (Å²) >= 11 is 0. The van der Waals surface area contributed by atoms with E-state index < -0.39 is 0 Å². The summed E-state index contributed by atoms with van der Waals surface area (Å²) in [6.07, 6.45) is 9.36. The summed E-state index contributed by atoms with van der Waals surface area (Å²) in [6.45, 7) is 11.9. The van der Waals surface area contributed by atoms with Gasteiger partial charge in [-0.1, -0.05) is 70.1 Å². The van der Waals surface area contributed by atoms with Gasteiger partial charge in [-0.3, -0.25) is 4.79 Å². The Morgan fingerprint density at radius 2 is 1.39 bits per heavy atom. The molecule has 0 radical (unpaired) electrons. The molecule has 0 heterocycles. The number of ether oxygens (including phenoxy) is 2. The number of aryl methyl sites for hydroxylation is 3.